The highest BCUT2D eigenvalue weighted by Crippen LogP contribution is 2.18. The van der Waals surface area contributed by atoms with E-state index in [9.17, 15) is 4.79 Å². The van der Waals surface area contributed by atoms with Gasteiger partial charge in [0.1, 0.15) is 17.6 Å². The Morgan fingerprint density at radius 3 is 2.26 bits per heavy atom. The molecule has 0 bridgehead atoms. The van der Waals surface area contributed by atoms with Gasteiger partial charge in [0.2, 0.25) is 5.91 Å². The molecule has 2 fully saturated rings. The van der Waals surface area contributed by atoms with Crippen molar-refractivity contribution in [1.29, 1.82) is 0 Å². The van der Waals surface area contributed by atoms with E-state index in [2.05, 4.69) is 20.1 Å². The van der Waals surface area contributed by atoms with Crippen LogP contribution < -0.4 is 14.8 Å². The average molecular weight is 432 g/mol. The first kappa shape index (κ1) is 23.2. The zero-order valence-electron chi connectivity index (χ0n) is 19.2. The Bertz CT molecular complexity index is 710. The van der Waals surface area contributed by atoms with E-state index in [4.69, 9.17) is 9.47 Å². The third-order valence-electron chi connectivity index (χ3n) is 5.90. The Kier molecular flexibility index (Phi) is 8.82. The largest absolute Gasteiger partial charge is 0.497 e. The van der Waals surface area contributed by atoms with Gasteiger partial charge in [-0.15, -0.1) is 0 Å². The van der Waals surface area contributed by atoms with Crippen molar-refractivity contribution in [2.45, 2.75) is 32.3 Å². The van der Waals surface area contributed by atoms with Crippen molar-refractivity contribution < 1.29 is 14.3 Å². The van der Waals surface area contributed by atoms with Crippen LogP contribution >= 0.6 is 0 Å². The van der Waals surface area contributed by atoms with Gasteiger partial charge in [-0.25, -0.2) is 0 Å². The maximum absolute atomic E-state index is 12.5. The summed E-state index contributed by atoms with van der Waals surface area (Å²) in [5.41, 5.74) is 0. The van der Waals surface area contributed by atoms with E-state index in [0.717, 1.165) is 69.6 Å². The van der Waals surface area contributed by atoms with Crippen molar-refractivity contribution in [3.8, 4) is 11.5 Å². The molecule has 8 heteroatoms. The number of amides is 1. The summed E-state index contributed by atoms with van der Waals surface area (Å²) in [6.07, 6.45) is 3.52. The van der Waals surface area contributed by atoms with Crippen molar-refractivity contribution in [2.75, 3.05) is 66.5 Å². The minimum atomic E-state index is -0.00593. The molecule has 1 unspecified atom stereocenters. The predicted molar refractivity (Wildman–Crippen MR) is 123 cm³/mol. The minimum Gasteiger partial charge on any atom is -0.497 e. The number of methoxy groups -OCH3 is 1. The van der Waals surface area contributed by atoms with Crippen molar-refractivity contribution in [3.63, 3.8) is 0 Å². The number of nitrogens with zero attached hydrogens (tertiary/aromatic N) is 4. The molecular weight excluding hydrogens is 394 g/mol. The van der Waals surface area contributed by atoms with E-state index in [1.165, 1.54) is 6.42 Å². The molecule has 0 spiro atoms. The molecule has 8 nitrogen and oxygen atoms in total. The summed E-state index contributed by atoms with van der Waals surface area (Å²) in [6.45, 7) is 8.55. The highest BCUT2D eigenvalue weighted by Gasteiger charge is 2.24. The fraction of sp³-hybridized carbons (Fsp3) is 0.652. The Labute approximate surface area is 186 Å². The molecule has 0 saturated carbocycles. The van der Waals surface area contributed by atoms with Crippen LogP contribution in [0, 0.1) is 0 Å². The molecule has 172 valence electrons. The van der Waals surface area contributed by atoms with E-state index in [0.29, 0.717) is 13.1 Å². The van der Waals surface area contributed by atoms with Crippen molar-refractivity contribution >= 4 is 11.9 Å². The highest BCUT2D eigenvalue weighted by atomic mass is 16.5. The third kappa shape index (κ3) is 7.02. The number of aliphatic imine (C=N–C) groups is 1. The van der Waals surface area contributed by atoms with Crippen LogP contribution in [0.4, 0.5) is 0 Å². The summed E-state index contributed by atoms with van der Waals surface area (Å²) in [7, 11) is 3.46. The molecule has 2 aliphatic rings. The summed E-state index contributed by atoms with van der Waals surface area (Å²) in [5.74, 6) is 2.79. The number of benzene rings is 1. The molecule has 0 aliphatic carbocycles. The van der Waals surface area contributed by atoms with Gasteiger partial charge in [-0.3, -0.25) is 14.7 Å². The summed E-state index contributed by atoms with van der Waals surface area (Å²) in [6, 6.07) is 7.61. The van der Waals surface area contributed by atoms with Gasteiger partial charge >= 0.3 is 0 Å². The monoisotopic (exact) mass is 431 g/mol. The lowest BCUT2D eigenvalue weighted by molar-refractivity contribution is -0.133. The first-order valence-electron chi connectivity index (χ1n) is 11.4. The standard InChI is InChI=1S/C23H37N5O3/c1-19(31-21-9-7-20(30-3)8-10-21)17-25-23(24-2)28-15-13-26(14-16-28)18-22(29)27-11-5-4-6-12-27/h7-10,19H,4-6,11-18H2,1-3H3,(H,24,25). The molecule has 2 heterocycles. The molecule has 31 heavy (non-hydrogen) atoms. The Morgan fingerprint density at radius 1 is 1.00 bits per heavy atom. The molecule has 1 N–H and O–H groups in total. The van der Waals surface area contributed by atoms with E-state index < -0.39 is 0 Å². The van der Waals surface area contributed by atoms with Gasteiger partial charge in [0.25, 0.3) is 0 Å². The smallest absolute Gasteiger partial charge is 0.236 e. The molecule has 3 rings (SSSR count). The zero-order chi connectivity index (χ0) is 22.1. The predicted octanol–water partition coefficient (Wildman–Crippen LogP) is 1.67. The van der Waals surface area contributed by atoms with Crippen LogP contribution in [0.5, 0.6) is 11.5 Å². The maximum atomic E-state index is 12.5. The average Bonchev–Trinajstić information content (AvgIpc) is 2.81. The van der Waals surface area contributed by atoms with Crippen LogP contribution in [-0.2, 0) is 4.79 Å². The van der Waals surface area contributed by atoms with Crippen LogP contribution in [-0.4, -0.2) is 99.2 Å². The lowest BCUT2D eigenvalue weighted by atomic mass is 10.1. The normalized spacial score (nSPS) is 19.1. The SMILES string of the molecule is CN=C(NCC(C)Oc1ccc(OC)cc1)N1CCN(CC(=O)N2CCCCC2)CC1. The van der Waals surface area contributed by atoms with Gasteiger partial charge in [-0.2, -0.15) is 0 Å². The van der Waals surface area contributed by atoms with E-state index in [1.54, 1.807) is 7.11 Å². The van der Waals surface area contributed by atoms with E-state index in [-0.39, 0.29) is 12.0 Å². The summed E-state index contributed by atoms with van der Waals surface area (Å²) >= 11 is 0. The van der Waals surface area contributed by atoms with Crippen LogP contribution in [0.2, 0.25) is 0 Å². The van der Waals surface area contributed by atoms with Gasteiger partial charge in [-0.05, 0) is 50.5 Å². The first-order chi connectivity index (χ1) is 15.1. The lowest BCUT2D eigenvalue weighted by Gasteiger charge is -2.37. The van der Waals surface area contributed by atoms with Gasteiger partial charge in [0.05, 0.1) is 20.2 Å². The van der Waals surface area contributed by atoms with Crippen LogP contribution in [0.15, 0.2) is 29.3 Å². The number of ether oxygens (including phenoxy) is 2. The first-order valence-corrected chi connectivity index (χ1v) is 11.4. The fourth-order valence-electron chi connectivity index (χ4n) is 4.05. The van der Waals surface area contributed by atoms with Crippen molar-refractivity contribution in [2.24, 2.45) is 4.99 Å². The lowest BCUT2D eigenvalue weighted by Crippen LogP contribution is -2.55. The number of hydrogen-bond acceptors (Lipinski definition) is 5. The van der Waals surface area contributed by atoms with Crippen molar-refractivity contribution in [1.82, 2.24) is 20.0 Å². The topological polar surface area (TPSA) is 69.6 Å². The Morgan fingerprint density at radius 2 is 1.65 bits per heavy atom. The quantitative estimate of drug-likeness (QED) is 0.523. The molecule has 1 atom stereocenters. The molecule has 1 amide bonds. The molecule has 0 aromatic heterocycles. The second-order valence-corrected chi connectivity index (χ2v) is 8.24. The molecule has 1 aromatic carbocycles. The molecule has 2 aliphatic heterocycles. The second-order valence-electron chi connectivity index (χ2n) is 8.24. The zero-order valence-corrected chi connectivity index (χ0v) is 19.2. The summed E-state index contributed by atoms with van der Waals surface area (Å²) in [4.78, 5) is 23.5. The van der Waals surface area contributed by atoms with E-state index in [1.807, 2.05) is 43.1 Å². The van der Waals surface area contributed by atoms with Gasteiger partial charge < -0.3 is 24.6 Å². The second kappa shape index (κ2) is 11.8. The highest BCUT2D eigenvalue weighted by molar-refractivity contribution is 5.80. The van der Waals surface area contributed by atoms with Crippen LogP contribution in [0.25, 0.3) is 0 Å². The number of nitrogens with one attached hydrogen (secondary N) is 1. The molecule has 1 aromatic rings. The Hall–Kier alpha value is -2.48. The fourth-order valence-corrected chi connectivity index (χ4v) is 4.05. The molecular formula is C23H37N5O3. The maximum Gasteiger partial charge on any atom is 0.236 e. The van der Waals surface area contributed by atoms with Crippen LogP contribution in [0.3, 0.4) is 0 Å². The number of carbonyl (C=O) groups is 1. The third-order valence-corrected chi connectivity index (χ3v) is 5.90. The van der Waals surface area contributed by atoms with Gasteiger partial charge in [0, 0.05) is 46.3 Å². The number of likely N-dealkylation sites (tertiary alicyclic amines) is 1. The number of carbonyl (C=O) groups excluding carboxylic acids is 1. The van der Waals surface area contributed by atoms with Gasteiger partial charge in [0.15, 0.2) is 5.96 Å². The summed E-state index contributed by atoms with van der Waals surface area (Å²) in [5, 5.41) is 3.42. The molecule has 0 radical (unpaired) electrons. The summed E-state index contributed by atoms with van der Waals surface area (Å²) < 4.78 is 11.2. The number of piperazine rings is 1. The Balaban J connectivity index is 1.38. The number of guanidine groups is 1. The van der Waals surface area contributed by atoms with E-state index >= 15 is 0 Å². The van der Waals surface area contributed by atoms with Crippen molar-refractivity contribution in [3.05, 3.63) is 24.3 Å². The number of hydrogen-bond donors (Lipinski definition) is 1. The van der Waals surface area contributed by atoms with Gasteiger partial charge in [-0.1, -0.05) is 0 Å². The minimum absolute atomic E-state index is 0.00593. The number of rotatable bonds is 7. The number of piperidine rings is 1. The molecule has 2 saturated heterocycles. The van der Waals surface area contributed by atoms with Crippen LogP contribution in [0.1, 0.15) is 26.2 Å².